The van der Waals surface area contributed by atoms with Gasteiger partial charge in [-0.25, -0.2) is 0 Å². The van der Waals surface area contributed by atoms with Crippen LogP contribution in [0, 0.1) is 0 Å². The van der Waals surface area contributed by atoms with Gasteiger partial charge in [-0.3, -0.25) is 0 Å². The van der Waals surface area contributed by atoms with Crippen molar-refractivity contribution >= 4 is 0 Å². The summed E-state index contributed by atoms with van der Waals surface area (Å²) in [6.45, 7) is 0.846. The Labute approximate surface area is 75.3 Å². The van der Waals surface area contributed by atoms with E-state index in [4.69, 9.17) is 0 Å². The van der Waals surface area contributed by atoms with Crippen LogP contribution in [0.2, 0.25) is 0 Å². The average Bonchev–Trinajstić information content (AvgIpc) is 2.11. The lowest BCUT2D eigenvalue weighted by molar-refractivity contribution is -0.269. The molecule has 0 radical (unpaired) electrons. The smallest absolute Gasteiger partial charge is 0.383 e. The van der Waals surface area contributed by atoms with Crippen molar-refractivity contribution in [3.8, 4) is 0 Å². The van der Waals surface area contributed by atoms with Gasteiger partial charge in [0.25, 0.3) is 0 Å². The molecule has 0 heterocycles. The minimum Gasteiger partial charge on any atom is -0.492 e. The van der Waals surface area contributed by atoms with Crippen LogP contribution in [0.1, 0.15) is 6.92 Å². The topological polar surface area (TPSA) is 9.23 Å². The first-order valence-corrected chi connectivity index (χ1v) is 3.66. The lowest BCUT2D eigenvalue weighted by Crippen LogP contribution is -2.48. The van der Waals surface area contributed by atoms with Gasteiger partial charge in [-0.05, 0) is 6.92 Å². The van der Waals surface area contributed by atoms with Gasteiger partial charge in [-0.1, -0.05) is 0 Å². The summed E-state index contributed by atoms with van der Waals surface area (Å²) in [6.07, 6.45) is -0.531. The Morgan fingerprint density at radius 1 is 1.14 bits per heavy atom. The summed E-state index contributed by atoms with van der Waals surface area (Å²) in [4.78, 5) is 0. The molecule has 0 saturated heterocycles. The molecule has 0 fully saturated rings. The van der Waals surface area contributed by atoms with E-state index in [-0.39, 0.29) is 6.61 Å². The summed E-state index contributed by atoms with van der Waals surface area (Å²) < 4.78 is 79.0. The lowest BCUT2D eigenvalue weighted by Gasteiger charge is -2.24. The molecule has 0 N–H and O–H groups in total. The highest BCUT2D eigenvalue weighted by molar-refractivity contribution is 5.28. The molecule has 7 heteroatoms. The highest BCUT2D eigenvalue weighted by atomic mass is 19.3. The van der Waals surface area contributed by atoms with Crippen LogP contribution < -0.4 is 0 Å². The zero-order chi connectivity index (χ0) is 11.2. The number of alkyl halides is 6. The number of allylic oxidation sites excluding steroid dienone is 2. The summed E-state index contributed by atoms with van der Waals surface area (Å²) in [5.74, 6) is -16.9. The van der Waals surface area contributed by atoms with Crippen LogP contribution in [0.25, 0.3) is 0 Å². The second-order valence-electron chi connectivity index (χ2n) is 2.71. The van der Waals surface area contributed by atoms with Crippen LogP contribution in [-0.2, 0) is 4.74 Å². The van der Waals surface area contributed by atoms with Crippen LogP contribution in [0.4, 0.5) is 26.3 Å². The molecule has 0 aromatic heterocycles. The van der Waals surface area contributed by atoms with E-state index in [9.17, 15) is 26.3 Å². The molecule has 0 unspecified atom stereocenters. The first-order chi connectivity index (χ1) is 6.17. The standard InChI is InChI=1S/C7H6F6O/c1-2-14-4-3-5(8,9)7(12,13)6(4,10)11/h3H,2H2,1H3. The fourth-order valence-corrected chi connectivity index (χ4v) is 0.998. The lowest BCUT2D eigenvalue weighted by atomic mass is 10.2. The van der Waals surface area contributed by atoms with E-state index in [0.717, 1.165) is 0 Å². The van der Waals surface area contributed by atoms with Crippen LogP contribution in [0.15, 0.2) is 11.8 Å². The normalized spacial score (nSPS) is 27.2. The Morgan fingerprint density at radius 2 is 1.64 bits per heavy atom. The maximum Gasteiger partial charge on any atom is 0.383 e. The molecule has 0 spiro atoms. The van der Waals surface area contributed by atoms with Crippen molar-refractivity contribution in [1.82, 2.24) is 0 Å². The van der Waals surface area contributed by atoms with Crippen LogP contribution in [0.5, 0.6) is 0 Å². The van der Waals surface area contributed by atoms with Crippen LogP contribution in [0.3, 0.4) is 0 Å². The van der Waals surface area contributed by atoms with Gasteiger partial charge in [0.05, 0.1) is 6.61 Å². The molecule has 1 rings (SSSR count). The van der Waals surface area contributed by atoms with E-state index in [0.29, 0.717) is 0 Å². The van der Waals surface area contributed by atoms with Gasteiger partial charge in [-0.15, -0.1) is 0 Å². The zero-order valence-corrected chi connectivity index (χ0v) is 6.96. The molecule has 1 aliphatic carbocycles. The molecule has 0 amide bonds. The Balaban J connectivity index is 3.12. The molecule has 14 heavy (non-hydrogen) atoms. The molecule has 0 atom stereocenters. The third-order valence-corrected chi connectivity index (χ3v) is 1.73. The second kappa shape index (κ2) is 2.80. The van der Waals surface area contributed by atoms with Crippen molar-refractivity contribution < 1.29 is 31.1 Å². The minimum absolute atomic E-state index is 0.381. The molecular weight excluding hydrogens is 214 g/mol. The van der Waals surface area contributed by atoms with E-state index in [1.165, 1.54) is 6.92 Å². The van der Waals surface area contributed by atoms with Crippen molar-refractivity contribution in [2.45, 2.75) is 24.7 Å². The SMILES string of the molecule is CCOC1=CC(F)(F)C(F)(F)C1(F)F. The highest BCUT2D eigenvalue weighted by Crippen LogP contribution is 2.55. The van der Waals surface area contributed by atoms with E-state index in [2.05, 4.69) is 4.74 Å². The number of halogens is 6. The van der Waals surface area contributed by atoms with E-state index < -0.39 is 29.6 Å². The summed E-state index contributed by atoms with van der Waals surface area (Å²) >= 11 is 0. The zero-order valence-electron chi connectivity index (χ0n) is 6.96. The minimum atomic E-state index is -5.43. The third-order valence-electron chi connectivity index (χ3n) is 1.73. The summed E-state index contributed by atoms with van der Waals surface area (Å²) in [7, 11) is 0. The highest BCUT2D eigenvalue weighted by Gasteiger charge is 2.78. The molecule has 0 aromatic carbocycles. The summed E-state index contributed by atoms with van der Waals surface area (Å²) in [6, 6.07) is 0. The molecule has 82 valence electrons. The Hall–Kier alpha value is -0.880. The maximum absolute atomic E-state index is 12.6. The van der Waals surface area contributed by atoms with Gasteiger partial charge in [0.1, 0.15) is 0 Å². The van der Waals surface area contributed by atoms with E-state index in [1.807, 2.05) is 0 Å². The van der Waals surface area contributed by atoms with Crippen molar-refractivity contribution in [3.05, 3.63) is 11.8 Å². The predicted octanol–water partition coefficient (Wildman–Crippen LogP) is 2.83. The monoisotopic (exact) mass is 220 g/mol. The molecular formula is C7H6F6O. The van der Waals surface area contributed by atoms with Crippen molar-refractivity contribution in [2.24, 2.45) is 0 Å². The van der Waals surface area contributed by atoms with Gasteiger partial charge < -0.3 is 4.74 Å². The predicted molar refractivity (Wildman–Crippen MR) is 34.6 cm³/mol. The molecule has 0 aliphatic heterocycles. The average molecular weight is 220 g/mol. The van der Waals surface area contributed by atoms with Crippen molar-refractivity contribution in [2.75, 3.05) is 6.61 Å². The van der Waals surface area contributed by atoms with Crippen molar-refractivity contribution in [1.29, 1.82) is 0 Å². The summed E-state index contributed by atoms with van der Waals surface area (Å²) in [5, 5.41) is 0. The first kappa shape index (κ1) is 11.2. The van der Waals surface area contributed by atoms with Crippen LogP contribution in [-0.4, -0.2) is 24.4 Å². The Kier molecular flexibility index (Phi) is 2.24. The Morgan fingerprint density at radius 3 is 1.93 bits per heavy atom. The van der Waals surface area contributed by atoms with Gasteiger partial charge in [0.15, 0.2) is 5.76 Å². The summed E-state index contributed by atoms with van der Waals surface area (Å²) in [5.41, 5.74) is 0. The molecule has 1 nitrogen and oxygen atoms in total. The van der Waals surface area contributed by atoms with Crippen LogP contribution >= 0.6 is 0 Å². The first-order valence-electron chi connectivity index (χ1n) is 3.66. The fourth-order valence-electron chi connectivity index (χ4n) is 0.998. The maximum atomic E-state index is 12.6. The van der Waals surface area contributed by atoms with E-state index >= 15 is 0 Å². The van der Waals surface area contributed by atoms with Gasteiger partial charge in [0.2, 0.25) is 0 Å². The van der Waals surface area contributed by atoms with Gasteiger partial charge in [-0.2, -0.15) is 26.3 Å². The number of hydrogen-bond donors (Lipinski definition) is 0. The molecule has 1 aliphatic rings. The second-order valence-corrected chi connectivity index (χ2v) is 2.71. The van der Waals surface area contributed by atoms with Gasteiger partial charge >= 0.3 is 17.8 Å². The fraction of sp³-hybridized carbons (Fsp3) is 0.714. The number of hydrogen-bond acceptors (Lipinski definition) is 1. The van der Waals surface area contributed by atoms with Gasteiger partial charge in [0, 0.05) is 6.08 Å². The third kappa shape index (κ3) is 1.18. The largest absolute Gasteiger partial charge is 0.492 e. The van der Waals surface area contributed by atoms with Crippen molar-refractivity contribution in [3.63, 3.8) is 0 Å². The molecule has 0 aromatic rings. The quantitative estimate of drug-likeness (QED) is 0.650. The molecule has 0 bridgehead atoms. The Bertz CT molecular complexity index is 269. The number of rotatable bonds is 2. The number of ether oxygens (including phenoxy) is 1. The molecule has 0 saturated carbocycles. The van der Waals surface area contributed by atoms with E-state index in [1.54, 1.807) is 0 Å².